The second-order valence-electron chi connectivity index (χ2n) is 7.34. The van der Waals surface area contributed by atoms with Crippen LogP contribution in [-0.2, 0) is 9.53 Å². The molecule has 1 aliphatic rings. The van der Waals surface area contributed by atoms with Crippen LogP contribution in [0.15, 0.2) is 0 Å². The van der Waals surface area contributed by atoms with Crippen molar-refractivity contribution in [3.63, 3.8) is 0 Å². The molecule has 24 heavy (non-hydrogen) atoms. The highest BCUT2D eigenvalue weighted by Crippen LogP contribution is 2.12. The minimum Gasteiger partial charge on any atom is -0.444 e. The lowest BCUT2D eigenvalue weighted by Crippen LogP contribution is -2.39. The molecule has 7 heteroatoms. The van der Waals surface area contributed by atoms with Crippen LogP contribution in [0, 0.1) is 0 Å². The van der Waals surface area contributed by atoms with Gasteiger partial charge >= 0.3 is 6.09 Å². The zero-order valence-electron chi connectivity index (χ0n) is 15.5. The highest BCUT2D eigenvalue weighted by Gasteiger charge is 2.24. The van der Waals surface area contributed by atoms with Crippen molar-refractivity contribution in [3.8, 4) is 0 Å². The second-order valence-corrected chi connectivity index (χ2v) is 7.34. The molecule has 2 N–H and O–H groups in total. The van der Waals surface area contributed by atoms with Crippen molar-refractivity contribution >= 4 is 12.0 Å². The van der Waals surface area contributed by atoms with E-state index in [0.717, 1.165) is 45.4 Å². The van der Waals surface area contributed by atoms with E-state index in [1.807, 2.05) is 20.8 Å². The lowest BCUT2D eigenvalue weighted by Gasteiger charge is -2.26. The third kappa shape index (κ3) is 8.49. The van der Waals surface area contributed by atoms with Crippen molar-refractivity contribution in [2.45, 2.75) is 58.7 Å². The number of aliphatic hydroxyl groups is 1. The van der Waals surface area contributed by atoms with Gasteiger partial charge in [0.2, 0.25) is 5.91 Å². The lowest BCUT2D eigenvalue weighted by molar-refractivity contribution is -0.128. The molecule has 1 unspecified atom stereocenters. The number of nitrogens with one attached hydrogen (secondary N) is 1. The topological polar surface area (TPSA) is 82.1 Å². The first-order chi connectivity index (χ1) is 11.2. The van der Waals surface area contributed by atoms with Gasteiger partial charge in [-0.3, -0.25) is 4.79 Å². The number of carbonyl (C=O) groups is 2. The minimum absolute atomic E-state index is 0.231. The fourth-order valence-electron chi connectivity index (χ4n) is 2.52. The van der Waals surface area contributed by atoms with Crippen molar-refractivity contribution < 1.29 is 19.4 Å². The fourth-order valence-corrected chi connectivity index (χ4v) is 2.52. The maximum absolute atomic E-state index is 12.1. The van der Waals surface area contributed by atoms with Crippen LogP contribution in [-0.4, -0.2) is 77.9 Å². The van der Waals surface area contributed by atoms with Gasteiger partial charge in [-0.2, -0.15) is 0 Å². The summed E-state index contributed by atoms with van der Waals surface area (Å²) in [6, 6.07) is 0. The molecule has 2 amide bonds. The van der Waals surface area contributed by atoms with E-state index in [-0.39, 0.29) is 12.0 Å². The molecule has 0 aliphatic carbocycles. The number of unbranched alkanes of at least 4 members (excludes halogenated alkanes) is 1. The van der Waals surface area contributed by atoms with Gasteiger partial charge in [0.25, 0.3) is 0 Å². The third-order valence-corrected chi connectivity index (χ3v) is 3.82. The Hall–Kier alpha value is -1.34. The molecule has 1 heterocycles. The maximum Gasteiger partial charge on any atom is 0.410 e. The zero-order chi connectivity index (χ0) is 18.2. The zero-order valence-corrected chi connectivity index (χ0v) is 15.5. The number of aliphatic hydroxyl groups excluding tert-OH is 1. The molecule has 7 nitrogen and oxygen atoms in total. The Kier molecular flexibility index (Phi) is 8.48. The van der Waals surface area contributed by atoms with Crippen molar-refractivity contribution in [1.82, 2.24) is 15.1 Å². The number of carbonyl (C=O) groups excluding carboxylic acids is 2. The Labute approximate surface area is 145 Å². The number of nitrogens with zero attached hydrogens (tertiary/aromatic N) is 2. The molecular weight excluding hydrogens is 310 g/mol. The molecule has 0 bridgehead atoms. The van der Waals surface area contributed by atoms with Gasteiger partial charge in [-0.05, 0) is 60.0 Å². The Balaban J connectivity index is 2.22. The monoisotopic (exact) mass is 343 g/mol. The minimum atomic E-state index is -0.950. The van der Waals surface area contributed by atoms with Gasteiger partial charge in [-0.25, -0.2) is 4.79 Å². The Morgan fingerprint density at radius 1 is 1.17 bits per heavy atom. The van der Waals surface area contributed by atoms with E-state index in [1.165, 1.54) is 6.92 Å². The Bertz CT molecular complexity index is 407. The summed E-state index contributed by atoms with van der Waals surface area (Å²) < 4.78 is 5.43. The highest BCUT2D eigenvalue weighted by molar-refractivity contribution is 5.79. The summed E-state index contributed by atoms with van der Waals surface area (Å²) in [7, 11) is 0. The average Bonchev–Trinajstić information content (AvgIpc) is 2.70. The van der Waals surface area contributed by atoms with Crippen molar-refractivity contribution in [1.29, 1.82) is 0 Å². The van der Waals surface area contributed by atoms with Crippen LogP contribution in [0.3, 0.4) is 0 Å². The molecule has 0 aromatic heterocycles. The summed E-state index contributed by atoms with van der Waals surface area (Å²) in [5.41, 5.74) is -0.459. The van der Waals surface area contributed by atoms with E-state index in [0.29, 0.717) is 13.1 Å². The van der Waals surface area contributed by atoms with Crippen molar-refractivity contribution in [3.05, 3.63) is 0 Å². The van der Waals surface area contributed by atoms with Crippen molar-refractivity contribution in [2.24, 2.45) is 0 Å². The number of ether oxygens (including phenoxy) is 1. The summed E-state index contributed by atoms with van der Waals surface area (Å²) >= 11 is 0. The lowest BCUT2D eigenvalue weighted by atomic mass is 10.2. The molecule has 0 saturated carbocycles. The summed E-state index contributed by atoms with van der Waals surface area (Å²) in [4.78, 5) is 27.5. The number of amides is 2. The first-order valence-electron chi connectivity index (χ1n) is 8.85. The van der Waals surface area contributed by atoms with E-state index in [9.17, 15) is 9.59 Å². The van der Waals surface area contributed by atoms with Crippen LogP contribution < -0.4 is 5.32 Å². The predicted molar refractivity (Wildman–Crippen MR) is 92.8 cm³/mol. The van der Waals surface area contributed by atoms with Gasteiger partial charge < -0.3 is 25.0 Å². The molecule has 1 saturated heterocycles. The molecule has 1 fully saturated rings. The molecule has 140 valence electrons. The SMILES string of the molecule is CC(O)C(=O)NCCCCN1CCCN(C(=O)OC(C)(C)C)CC1. The van der Waals surface area contributed by atoms with Gasteiger partial charge in [-0.1, -0.05) is 0 Å². The second kappa shape index (κ2) is 9.84. The first kappa shape index (κ1) is 20.7. The van der Waals surface area contributed by atoms with Crippen LogP contribution in [0.2, 0.25) is 0 Å². The van der Waals surface area contributed by atoms with E-state index in [1.54, 1.807) is 4.90 Å². The molecular formula is C17H33N3O4. The van der Waals surface area contributed by atoms with Crippen LogP contribution in [0.5, 0.6) is 0 Å². The maximum atomic E-state index is 12.1. The van der Waals surface area contributed by atoms with E-state index in [4.69, 9.17) is 9.84 Å². The molecule has 0 aromatic rings. The smallest absolute Gasteiger partial charge is 0.410 e. The number of hydrogen-bond acceptors (Lipinski definition) is 5. The fraction of sp³-hybridized carbons (Fsp3) is 0.882. The van der Waals surface area contributed by atoms with Gasteiger partial charge in [0, 0.05) is 26.2 Å². The molecule has 1 atom stereocenters. The van der Waals surface area contributed by atoms with Crippen LogP contribution in [0.4, 0.5) is 4.79 Å². The van der Waals surface area contributed by atoms with E-state index < -0.39 is 11.7 Å². The van der Waals surface area contributed by atoms with E-state index >= 15 is 0 Å². The van der Waals surface area contributed by atoms with E-state index in [2.05, 4.69) is 10.2 Å². The van der Waals surface area contributed by atoms with Crippen molar-refractivity contribution in [2.75, 3.05) is 39.3 Å². The van der Waals surface area contributed by atoms with Crippen LogP contribution in [0.25, 0.3) is 0 Å². The highest BCUT2D eigenvalue weighted by atomic mass is 16.6. The molecule has 0 spiro atoms. The molecule has 0 aromatic carbocycles. The third-order valence-electron chi connectivity index (χ3n) is 3.82. The Morgan fingerprint density at radius 2 is 1.88 bits per heavy atom. The number of hydrogen-bond donors (Lipinski definition) is 2. The molecule has 1 rings (SSSR count). The molecule has 0 radical (unpaired) electrons. The first-order valence-corrected chi connectivity index (χ1v) is 8.85. The predicted octanol–water partition coefficient (Wildman–Crippen LogP) is 1.21. The standard InChI is InChI=1S/C17H33N3O4/c1-14(21)15(22)18-8-5-6-9-19-10-7-11-20(13-12-19)16(23)24-17(2,3)4/h14,21H,5-13H2,1-4H3,(H,18,22). The average molecular weight is 343 g/mol. The van der Waals surface area contributed by atoms with Gasteiger partial charge in [-0.15, -0.1) is 0 Å². The summed E-state index contributed by atoms with van der Waals surface area (Å²) in [6.07, 6.45) is 1.62. The summed E-state index contributed by atoms with van der Waals surface area (Å²) in [6.45, 7) is 11.9. The van der Waals surface area contributed by atoms with Gasteiger partial charge in [0.15, 0.2) is 0 Å². The summed E-state index contributed by atoms with van der Waals surface area (Å²) in [5, 5.41) is 11.8. The molecule has 1 aliphatic heterocycles. The normalized spacial score (nSPS) is 18.0. The quantitative estimate of drug-likeness (QED) is 0.709. The Morgan fingerprint density at radius 3 is 2.50 bits per heavy atom. The number of rotatable bonds is 6. The van der Waals surface area contributed by atoms with Crippen LogP contribution in [0.1, 0.15) is 47.0 Å². The van der Waals surface area contributed by atoms with Crippen LogP contribution >= 0.6 is 0 Å². The summed E-state index contributed by atoms with van der Waals surface area (Å²) in [5.74, 6) is -0.322. The van der Waals surface area contributed by atoms with Gasteiger partial charge in [0.05, 0.1) is 0 Å². The van der Waals surface area contributed by atoms with Gasteiger partial charge in [0.1, 0.15) is 11.7 Å². The largest absolute Gasteiger partial charge is 0.444 e.